The molecule has 1 N–H and O–H groups in total. The van der Waals surface area contributed by atoms with Gasteiger partial charge in [-0.05, 0) is 52.0 Å². The summed E-state index contributed by atoms with van der Waals surface area (Å²) in [5.41, 5.74) is -0.112. The molecule has 0 fully saturated rings. The van der Waals surface area contributed by atoms with Gasteiger partial charge in [0.1, 0.15) is 22.2 Å². The first-order valence-corrected chi connectivity index (χ1v) is 10.1. The van der Waals surface area contributed by atoms with Crippen molar-refractivity contribution in [2.24, 2.45) is 0 Å². The van der Waals surface area contributed by atoms with Crippen LogP contribution >= 0.6 is 0 Å². The van der Waals surface area contributed by atoms with Crippen LogP contribution in [0.1, 0.15) is 42.8 Å². The zero-order chi connectivity index (χ0) is 20.9. The van der Waals surface area contributed by atoms with Crippen molar-refractivity contribution in [1.29, 1.82) is 0 Å². The molecule has 6 nitrogen and oxygen atoms in total. The Kier molecular flexibility index (Phi) is 5.05. The minimum atomic E-state index is -4.47. The average molecular weight is 415 g/mol. The van der Waals surface area contributed by atoms with Gasteiger partial charge in [-0.3, -0.25) is 0 Å². The van der Waals surface area contributed by atoms with Crippen molar-refractivity contribution in [3.63, 3.8) is 0 Å². The van der Waals surface area contributed by atoms with Gasteiger partial charge in [0.05, 0.1) is 22.6 Å². The smallest absolute Gasteiger partial charge is 0.416 e. The van der Waals surface area contributed by atoms with Crippen LogP contribution in [0.15, 0.2) is 33.6 Å². The van der Waals surface area contributed by atoms with Crippen molar-refractivity contribution in [1.82, 2.24) is 14.3 Å². The largest absolute Gasteiger partial charge is 0.465 e. The quantitative estimate of drug-likeness (QED) is 0.673. The monoisotopic (exact) mass is 415 g/mol. The number of nitrogens with one attached hydrogen (secondary N) is 1. The van der Waals surface area contributed by atoms with E-state index in [0.717, 1.165) is 12.1 Å². The van der Waals surface area contributed by atoms with Crippen LogP contribution in [0.3, 0.4) is 0 Å². The molecule has 2 heterocycles. The topological polar surface area (TPSA) is 77.1 Å². The Morgan fingerprint density at radius 2 is 1.93 bits per heavy atom. The van der Waals surface area contributed by atoms with E-state index >= 15 is 0 Å². The number of aryl methyl sites for hydroxylation is 3. The summed E-state index contributed by atoms with van der Waals surface area (Å²) in [4.78, 5) is 4.38. The molecule has 3 rings (SSSR count). The number of alkyl halides is 3. The maximum absolute atomic E-state index is 13.0. The summed E-state index contributed by atoms with van der Waals surface area (Å²) in [6, 6.07) is 3.94. The third kappa shape index (κ3) is 3.66. The minimum absolute atomic E-state index is 0.0235. The molecule has 0 saturated carbocycles. The molecular weight excluding hydrogens is 395 g/mol. The van der Waals surface area contributed by atoms with Gasteiger partial charge in [0.2, 0.25) is 10.0 Å². The van der Waals surface area contributed by atoms with Gasteiger partial charge in [-0.25, -0.2) is 18.1 Å². The first-order chi connectivity index (χ1) is 12.9. The summed E-state index contributed by atoms with van der Waals surface area (Å²) >= 11 is 0. The van der Waals surface area contributed by atoms with Crippen LogP contribution in [0.25, 0.3) is 11.0 Å². The highest BCUT2D eigenvalue weighted by Gasteiger charge is 2.32. The zero-order valence-corrected chi connectivity index (χ0v) is 16.6. The molecular formula is C18H20F3N3O3S. The Balaban J connectivity index is 2.02. The van der Waals surface area contributed by atoms with E-state index in [4.69, 9.17) is 4.42 Å². The van der Waals surface area contributed by atoms with Crippen LogP contribution in [0.4, 0.5) is 13.2 Å². The number of hydrogen-bond donors (Lipinski definition) is 1. The molecule has 0 radical (unpaired) electrons. The van der Waals surface area contributed by atoms with E-state index in [1.165, 1.54) is 12.1 Å². The normalized spacial score (nSPS) is 14.0. The molecule has 0 unspecified atom stereocenters. The molecule has 0 spiro atoms. The van der Waals surface area contributed by atoms with Gasteiger partial charge in [-0.1, -0.05) is 0 Å². The van der Waals surface area contributed by atoms with Crippen LogP contribution in [-0.2, 0) is 22.7 Å². The molecule has 0 amide bonds. The third-order valence-electron chi connectivity index (χ3n) is 4.43. The second kappa shape index (κ2) is 6.93. The number of benzene rings is 1. The maximum atomic E-state index is 13.0. The molecule has 0 aliphatic heterocycles. The summed E-state index contributed by atoms with van der Waals surface area (Å²) in [6.07, 6.45) is -4.47. The number of furan rings is 1. The number of sulfonamides is 1. The van der Waals surface area contributed by atoms with Crippen LogP contribution in [0.2, 0.25) is 0 Å². The van der Waals surface area contributed by atoms with E-state index < -0.39 is 27.8 Å². The van der Waals surface area contributed by atoms with Crippen LogP contribution in [0.5, 0.6) is 0 Å². The van der Waals surface area contributed by atoms with E-state index in [-0.39, 0.29) is 10.7 Å². The molecule has 0 bridgehead atoms. The Bertz CT molecular complexity index is 1130. The highest BCUT2D eigenvalue weighted by atomic mass is 32.2. The van der Waals surface area contributed by atoms with E-state index in [1.54, 1.807) is 32.3 Å². The van der Waals surface area contributed by atoms with Crippen LogP contribution < -0.4 is 4.72 Å². The Hall–Kier alpha value is -2.33. The van der Waals surface area contributed by atoms with E-state index in [2.05, 4.69) is 9.71 Å². The van der Waals surface area contributed by atoms with Crippen LogP contribution in [0, 0.1) is 13.8 Å². The second-order valence-corrected chi connectivity index (χ2v) is 8.22. The summed E-state index contributed by atoms with van der Waals surface area (Å²) in [7, 11) is -3.89. The van der Waals surface area contributed by atoms with Gasteiger partial charge in [-0.15, -0.1) is 0 Å². The van der Waals surface area contributed by atoms with Crippen LogP contribution in [-0.4, -0.2) is 18.0 Å². The Morgan fingerprint density at radius 3 is 2.46 bits per heavy atom. The van der Waals surface area contributed by atoms with Gasteiger partial charge in [0.15, 0.2) is 0 Å². The molecule has 0 aliphatic rings. The number of fused-ring (bicyclic) bond motifs is 1. The number of nitrogens with zero attached hydrogens (tertiary/aromatic N) is 2. The number of rotatable bonds is 5. The van der Waals surface area contributed by atoms with Crippen molar-refractivity contribution in [3.05, 3.63) is 47.2 Å². The maximum Gasteiger partial charge on any atom is 0.416 e. The lowest BCUT2D eigenvalue weighted by Crippen LogP contribution is -2.29. The predicted molar refractivity (Wildman–Crippen MR) is 97.3 cm³/mol. The molecule has 0 aliphatic carbocycles. The predicted octanol–water partition coefficient (Wildman–Crippen LogP) is 4.32. The van der Waals surface area contributed by atoms with E-state index in [1.807, 2.05) is 0 Å². The number of imidazole rings is 1. The molecule has 152 valence electrons. The number of aromatic nitrogens is 2. The molecule has 28 heavy (non-hydrogen) atoms. The van der Waals surface area contributed by atoms with Crippen molar-refractivity contribution < 1.29 is 26.0 Å². The molecule has 10 heteroatoms. The Labute approximate surface area is 160 Å². The molecule has 0 saturated heterocycles. The molecule has 1 aromatic carbocycles. The molecule has 3 aromatic rings. The highest BCUT2D eigenvalue weighted by Crippen LogP contribution is 2.32. The van der Waals surface area contributed by atoms with Gasteiger partial charge in [-0.2, -0.15) is 13.2 Å². The molecule has 1 atom stereocenters. The molecule has 2 aromatic heterocycles. The first kappa shape index (κ1) is 20.4. The van der Waals surface area contributed by atoms with Crippen molar-refractivity contribution in [2.45, 2.75) is 51.4 Å². The summed E-state index contributed by atoms with van der Waals surface area (Å²) in [5, 5.41) is 0. The lowest BCUT2D eigenvalue weighted by Gasteiger charge is -2.15. The van der Waals surface area contributed by atoms with Crippen molar-refractivity contribution in [2.75, 3.05) is 0 Å². The minimum Gasteiger partial charge on any atom is -0.465 e. The van der Waals surface area contributed by atoms with E-state index in [9.17, 15) is 21.6 Å². The average Bonchev–Trinajstić information content (AvgIpc) is 3.12. The van der Waals surface area contributed by atoms with Gasteiger partial charge >= 0.3 is 6.18 Å². The van der Waals surface area contributed by atoms with Crippen molar-refractivity contribution in [3.8, 4) is 0 Å². The van der Waals surface area contributed by atoms with Gasteiger partial charge in [0.25, 0.3) is 0 Å². The fourth-order valence-corrected chi connectivity index (χ4v) is 4.64. The fraction of sp³-hybridized carbons (Fsp3) is 0.389. The van der Waals surface area contributed by atoms with Crippen molar-refractivity contribution >= 4 is 21.1 Å². The first-order valence-electron chi connectivity index (χ1n) is 8.60. The van der Waals surface area contributed by atoms with Gasteiger partial charge in [0, 0.05) is 6.54 Å². The summed E-state index contributed by atoms with van der Waals surface area (Å²) in [6.45, 7) is 6.88. The van der Waals surface area contributed by atoms with E-state index in [0.29, 0.717) is 29.2 Å². The lowest BCUT2D eigenvalue weighted by atomic mass is 10.2. The fourth-order valence-electron chi connectivity index (χ4n) is 3.20. The summed E-state index contributed by atoms with van der Waals surface area (Å²) in [5.74, 6) is 1.06. The SMILES string of the molecule is CCn1c([C@@H](C)NS(=O)(=O)c2cc(C)oc2C)nc2ccc(C(F)(F)F)cc21. The van der Waals surface area contributed by atoms with Gasteiger partial charge < -0.3 is 8.98 Å². The lowest BCUT2D eigenvalue weighted by molar-refractivity contribution is -0.137. The zero-order valence-electron chi connectivity index (χ0n) is 15.8. The Morgan fingerprint density at radius 1 is 1.25 bits per heavy atom. The second-order valence-electron chi connectivity index (χ2n) is 6.54. The summed E-state index contributed by atoms with van der Waals surface area (Å²) < 4.78 is 73.9. The number of hydrogen-bond acceptors (Lipinski definition) is 4. The standard InChI is InChI=1S/C18H20F3N3O3S/c1-5-24-15-9-13(18(19,20)21)6-7-14(15)22-17(24)11(3)23-28(25,26)16-8-10(2)27-12(16)4/h6-9,11,23H,5H2,1-4H3/t11-/m1/s1. The third-order valence-corrected chi connectivity index (χ3v) is 6.07. The highest BCUT2D eigenvalue weighted by molar-refractivity contribution is 7.89. The number of halogens is 3.